The Morgan fingerprint density at radius 3 is 1.65 bits per heavy atom. The summed E-state index contributed by atoms with van der Waals surface area (Å²) in [5, 5.41) is 24.8. The zero-order chi connectivity index (χ0) is 25.1. The summed E-state index contributed by atoms with van der Waals surface area (Å²) in [6.07, 6.45) is 5.17. The monoisotopic (exact) mass is 496 g/mol. The van der Waals surface area contributed by atoms with Crippen LogP contribution in [0.1, 0.15) is 65.5 Å². The van der Waals surface area contributed by atoms with Crippen molar-refractivity contribution >= 4 is 10.4 Å². The minimum atomic E-state index is -4.21. The molecule has 3 aromatic rings. The van der Waals surface area contributed by atoms with Crippen LogP contribution in [0.15, 0.2) is 18.6 Å². The van der Waals surface area contributed by atoms with Crippen molar-refractivity contribution in [2.45, 2.75) is 79.2 Å². The summed E-state index contributed by atoms with van der Waals surface area (Å²) >= 11 is 0. The Hall–Kier alpha value is -2.91. The molecule has 0 amide bonds. The molecule has 0 radical (unpaired) electrons. The number of aromatic nitrogens is 9. The summed E-state index contributed by atoms with van der Waals surface area (Å²) < 4.78 is 36.3. The Morgan fingerprint density at radius 1 is 0.794 bits per heavy atom. The fourth-order valence-corrected chi connectivity index (χ4v) is 3.49. The fraction of sp³-hybridized carbons (Fsp3) is 0.684. The van der Waals surface area contributed by atoms with Crippen molar-refractivity contribution in [2.24, 2.45) is 0 Å². The van der Waals surface area contributed by atoms with Crippen molar-refractivity contribution in [1.82, 2.24) is 50.0 Å². The molecule has 0 bridgehead atoms. The van der Waals surface area contributed by atoms with Gasteiger partial charge in [-0.3, -0.25) is 4.90 Å². The van der Waals surface area contributed by atoms with Gasteiger partial charge >= 0.3 is 10.4 Å². The first-order valence-corrected chi connectivity index (χ1v) is 12.1. The van der Waals surface area contributed by atoms with Gasteiger partial charge in [0.2, 0.25) is 0 Å². The van der Waals surface area contributed by atoms with Gasteiger partial charge in [-0.05, 0) is 53.7 Å². The Kier molecular flexibility index (Phi) is 7.38. The Balaban J connectivity index is 1.79. The molecule has 0 saturated heterocycles. The summed E-state index contributed by atoms with van der Waals surface area (Å²) in [6, 6.07) is 0. The van der Waals surface area contributed by atoms with E-state index in [9.17, 15) is 8.42 Å². The maximum Gasteiger partial charge on any atom is 0.469 e. The van der Waals surface area contributed by atoms with Crippen LogP contribution in [-0.4, -0.2) is 65.1 Å². The van der Waals surface area contributed by atoms with E-state index in [0.717, 1.165) is 16.2 Å². The van der Waals surface area contributed by atoms with E-state index in [1.54, 1.807) is 9.36 Å². The summed E-state index contributed by atoms with van der Waals surface area (Å²) in [6.45, 7) is 15.0. The van der Waals surface area contributed by atoms with Gasteiger partial charge in [0.05, 0.1) is 47.7 Å². The van der Waals surface area contributed by atoms with Crippen LogP contribution < -0.4 is 4.28 Å². The van der Waals surface area contributed by atoms with E-state index in [1.165, 1.54) is 13.1 Å². The van der Waals surface area contributed by atoms with E-state index in [2.05, 4.69) is 35.1 Å². The smallest absolute Gasteiger partial charge is 0.285 e. The lowest BCUT2D eigenvalue weighted by atomic mass is 10.1. The molecule has 0 spiro atoms. The molecular weight excluding hydrogens is 464 g/mol. The summed E-state index contributed by atoms with van der Waals surface area (Å²) in [7, 11) is -4.21. The standard InChI is InChI=1S/C19H32N10O4S/c1-8-32-34(30,31)33-29-14-17(22-25-29)11-26(9-15-12-27(23-20-15)18(2,3)4)10-16-13-28(24-21-16)19(5,6)7/h12-14H,8-11H2,1-7H3. The molecule has 0 aliphatic rings. The molecule has 0 aromatic carbocycles. The lowest BCUT2D eigenvalue weighted by Gasteiger charge is -2.20. The van der Waals surface area contributed by atoms with Gasteiger partial charge in [0.25, 0.3) is 0 Å². The third kappa shape index (κ3) is 7.04. The van der Waals surface area contributed by atoms with Crippen LogP contribution in [0.3, 0.4) is 0 Å². The van der Waals surface area contributed by atoms with E-state index < -0.39 is 10.4 Å². The second kappa shape index (κ2) is 9.76. The van der Waals surface area contributed by atoms with E-state index >= 15 is 0 Å². The highest BCUT2D eigenvalue weighted by molar-refractivity contribution is 7.82. The van der Waals surface area contributed by atoms with Crippen LogP contribution in [0.2, 0.25) is 0 Å². The lowest BCUT2D eigenvalue weighted by Crippen LogP contribution is -2.24. The van der Waals surface area contributed by atoms with Gasteiger partial charge in [-0.25, -0.2) is 17.8 Å². The Bertz CT molecular complexity index is 1130. The second-order valence-electron chi connectivity index (χ2n) is 9.80. The van der Waals surface area contributed by atoms with Crippen LogP contribution >= 0.6 is 0 Å². The zero-order valence-electron chi connectivity index (χ0n) is 20.6. The topological polar surface area (TPSA) is 148 Å². The van der Waals surface area contributed by atoms with Gasteiger partial charge in [0.15, 0.2) is 0 Å². The largest absolute Gasteiger partial charge is 0.469 e. The highest BCUT2D eigenvalue weighted by Gasteiger charge is 2.21. The predicted molar refractivity (Wildman–Crippen MR) is 120 cm³/mol. The van der Waals surface area contributed by atoms with E-state index in [4.69, 9.17) is 4.28 Å². The van der Waals surface area contributed by atoms with E-state index in [1.807, 2.05) is 58.8 Å². The highest BCUT2D eigenvalue weighted by atomic mass is 32.3. The lowest BCUT2D eigenvalue weighted by molar-refractivity contribution is 0.176. The third-order valence-electron chi connectivity index (χ3n) is 4.56. The van der Waals surface area contributed by atoms with Gasteiger partial charge in [-0.1, -0.05) is 15.3 Å². The minimum absolute atomic E-state index is 0.0534. The van der Waals surface area contributed by atoms with Crippen LogP contribution in [0, 0.1) is 0 Å². The van der Waals surface area contributed by atoms with Crippen LogP contribution in [-0.2, 0) is 45.3 Å². The zero-order valence-corrected chi connectivity index (χ0v) is 21.4. The molecule has 3 rings (SSSR count). The average molecular weight is 497 g/mol. The van der Waals surface area contributed by atoms with Crippen molar-refractivity contribution in [3.63, 3.8) is 0 Å². The summed E-state index contributed by atoms with van der Waals surface area (Å²) in [4.78, 5) is 2.78. The quantitative estimate of drug-likeness (QED) is 0.394. The van der Waals surface area contributed by atoms with Gasteiger partial charge in [-0.2, -0.15) is 8.42 Å². The molecule has 0 atom stereocenters. The van der Waals surface area contributed by atoms with Crippen molar-refractivity contribution in [2.75, 3.05) is 6.61 Å². The molecule has 188 valence electrons. The number of rotatable bonds is 10. The molecular formula is C19H32N10O4S. The molecule has 3 heterocycles. The minimum Gasteiger partial charge on any atom is -0.285 e. The van der Waals surface area contributed by atoms with Crippen molar-refractivity contribution < 1.29 is 16.9 Å². The average Bonchev–Trinajstić information content (AvgIpc) is 3.42. The SMILES string of the molecule is CCOS(=O)(=O)On1cc(CN(Cc2cn(C(C)(C)C)nn2)Cc2cn(C(C)(C)C)nn2)nn1. The Labute approximate surface area is 199 Å². The maximum atomic E-state index is 11.7. The van der Waals surface area contributed by atoms with Gasteiger partial charge in [0.1, 0.15) is 5.69 Å². The van der Waals surface area contributed by atoms with Gasteiger partial charge in [-0.15, -0.1) is 15.3 Å². The van der Waals surface area contributed by atoms with Crippen molar-refractivity contribution in [3.05, 3.63) is 35.7 Å². The van der Waals surface area contributed by atoms with Gasteiger partial charge < -0.3 is 0 Å². The molecule has 0 unspecified atom stereocenters. The molecule has 0 saturated carbocycles. The highest BCUT2D eigenvalue weighted by Crippen LogP contribution is 2.16. The summed E-state index contributed by atoms with van der Waals surface area (Å²) in [5.41, 5.74) is 1.62. The van der Waals surface area contributed by atoms with E-state index in [-0.39, 0.29) is 17.7 Å². The Morgan fingerprint density at radius 2 is 1.24 bits per heavy atom. The van der Waals surface area contributed by atoms with Crippen molar-refractivity contribution in [3.8, 4) is 0 Å². The molecule has 14 nitrogen and oxygen atoms in total. The first-order valence-electron chi connectivity index (χ1n) is 10.8. The second-order valence-corrected chi connectivity index (χ2v) is 11.0. The number of hydrogen-bond acceptors (Lipinski definition) is 11. The molecule has 0 aliphatic carbocycles. The maximum absolute atomic E-state index is 11.7. The summed E-state index contributed by atoms with van der Waals surface area (Å²) in [5.74, 6) is 0. The van der Waals surface area contributed by atoms with E-state index in [0.29, 0.717) is 25.3 Å². The first kappa shape index (κ1) is 25.7. The number of nitrogens with zero attached hydrogens (tertiary/aromatic N) is 10. The normalized spacial score (nSPS) is 13.1. The molecule has 15 heteroatoms. The fourth-order valence-electron chi connectivity index (χ4n) is 2.90. The van der Waals surface area contributed by atoms with Crippen LogP contribution in [0.25, 0.3) is 0 Å². The predicted octanol–water partition coefficient (Wildman–Crippen LogP) is 0.883. The molecule has 0 aliphatic heterocycles. The molecule has 0 fully saturated rings. The van der Waals surface area contributed by atoms with Crippen LogP contribution in [0.5, 0.6) is 0 Å². The molecule has 34 heavy (non-hydrogen) atoms. The van der Waals surface area contributed by atoms with Crippen molar-refractivity contribution in [1.29, 1.82) is 0 Å². The van der Waals surface area contributed by atoms with Crippen LogP contribution in [0.4, 0.5) is 0 Å². The molecule has 0 N–H and O–H groups in total. The number of hydrogen-bond donors (Lipinski definition) is 0. The third-order valence-corrected chi connectivity index (χ3v) is 5.42. The van der Waals surface area contributed by atoms with Gasteiger partial charge in [0, 0.05) is 19.6 Å². The molecule has 3 aromatic heterocycles. The first-order chi connectivity index (χ1) is 15.7.